The molecule has 2 N–H and O–H groups in total. The first-order chi connectivity index (χ1) is 16.4. The van der Waals surface area contributed by atoms with Crippen LogP contribution in [0.3, 0.4) is 0 Å². The van der Waals surface area contributed by atoms with E-state index in [0.717, 1.165) is 4.90 Å². The normalized spacial score (nSPS) is 14.6. The minimum Gasteiger partial charge on any atom is -0.490 e. The fourth-order valence-electron chi connectivity index (χ4n) is 3.18. The highest BCUT2D eigenvalue weighted by Crippen LogP contribution is 2.24. The quantitative estimate of drug-likeness (QED) is 0.471. The van der Waals surface area contributed by atoms with Gasteiger partial charge in [-0.15, -0.1) is 0 Å². The maximum Gasteiger partial charge on any atom is 0.410 e. The van der Waals surface area contributed by atoms with Crippen LogP contribution < -0.4 is 10.1 Å². The Morgan fingerprint density at radius 2 is 1.89 bits per heavy atom. The van der Waals surface area contributed by atoms with Crippen molar-refractivity contribution in [3.8, 4) is 5.75 Å². The molecule has 0 radical (unpaired) electrons. The lowest BCUT2D eigenvalue weighted by Crippen LogP contribution is -2.49. The number of carboxylic acids is 1. The third kappa shape index (κ3) is 9.73. The van der Waals surface area contributed by atoms with Crippen molar-refractivity contribution in [3.05, 3.63) is 28.2 Å². The third-order valence-electron chi connectivity index (χ3n) is 4.85. The highest BCUT2D eigenvalue weighted by Gasteiger charge is 2.26. The van der Waals surface area contributed by atoms with Gasteiger partial charge in [0.05, 0.1) is 25.7 Å². The Labute approximate surface area is 212 Å². The van der Waals surface area contributed by atoms with E-state index in [1.54, 1.807) is 31.7 Å². The van der Waals surface area contributed by atoms with Crippen molar-refractivity contribution >= 4 is 39.8 Å². The van der Waals surface area contributed by atoms with Crippen molar-refractivity contribution in [3.63, 3.8) is 0 Å². The number of carbonyl (C=O) groups is 4. The molecule has 0 bridgehead atoms. The minimum atomic E-state index is -1.17. The zero-order valence-electron chi connectivity index (χ0n) is 20.3. The summed E-state index contributed by atoms with van der Waals surface area (Å²) in [6, 6.07) is 3.70. The van der Waals surface area contributed by atoms with Gasteiger partial charge in [-0.1, -0.05) is 15.9 Å². The van der Waals surface area contributed by atoms with Crippen LogP contribution in [-0.2, 0) is 19.1 Å². The Morgan fingerprint density at radius 3 is 2.49 bits per heavy atom. The van der Waals surface area contributed by atoms with Gasteiger partial charge in [-0.2, -0.15) is 0 Å². The first-order valence-electron chi connectivity index (χ1n) is 11.1. The van der Waals surface area contributed by atoms with Gasteiger partial charge in [-0.05, 0) is 39.0 Å². The Morgan fingerprint density at radius 1 is 1.23 bits per heavy atom. The van der Waals surface area contributed by atoms with Gasteiger partial charge >= 0.3 is 12.1 Å². The molecule has 11 nitrogen and oxygen atoms in total. The fraction of sp³-hybridized carbons (Fsp3) is 0.565. The van der Waals surface area contributed by atoms with E-state index in [2.05, 4.69) is 21.2 Å². The van der Waals surface area contributed by atoms with Crippen molar-refractivity contribution in [2.24, 2.45) is 0 Å². The van der Waals surface area contributed by atoms with Crippen LogP contribution in [-0.4, -0.2) is 96.9 Å². The minimum absolute atomic E-state index is 0.0533. The molecule has 0 unspecified atom stereocenters. The van der Waals surface area contributed by atoms with Crippen LogP contribution in [0.4, 0.5) is 4.79 Å². The lowest BCUT2D eigenvalue weighted by molar-refractivity contribution is -0.136. The number of likely N-dealkylation sites (N-methyl/N-ethyl adjacent to an activating group) is 1. The molecule has 35 heavy (non-hydrogen) atoms. The van der Waals surface area contributed by atoms with Gasteiger partial charge in [0, 0.05) is 24.6 Å². The summed E-state index contributed by atoms with van der Waals surface area (Å²) in [5.41, 5.74) is -0.767. The lowest BCUT2D eigenvalue weighted by atomic mass is 10.1. The summed E-state index contributed by atoms with van der Waals surface area (Å²) in [5, 5.41) is 12.1. The monoisotopic (exact) mass is 557 g/mol. The van der Waals surface area contributed by atoms with E-state index < -0.39 is 29.6 Å². The van der Waals surface area contributed by atoms with Gasteiger partial charge < -0.3 is 34.4 Å². The molecule has 1 aliphatic heterocycles. The number of hydrogen-bond acceptors (Lipinski definition) is 7. The molecule has 3 amide bonds. The molecule has 0 aliphatic carbocycles. The number of benzene rings is 1. The molecular formula is C23H32BrN3O8. The van der Waals surface area contributed by atoms with Crippen molar-refractivity contribution in [2.45, 2.75) is 38.8 Å². The number of morpholine rings is 1. The predicted molar refractivity (Wildman–Crippen MR) is 129 cm³/mol. The topological polar surface area (TPSA) is 135 Å². The lowest BCUT2D eigenvalue weighted by Gasteiger charge is -2.29. The Bertz CT molecular complexity index is 928. The van der Waals surface area contributed by atoms with Gasteiger partial charge in [0.15, 0.2) is 0 Å². The first kappa shape index (κ1) is 28.4. The van der Waals surface area contributed by atoms with E-state index in [1.165, 1.54) is 19.2 Å². The van der Waals surface area contributed by atoms with Gasteiger partial charge in [0.25, 0.3) is 0 Å². The second-order valence-corrected chi connectivity index (χ2v) is 9.97. The Hall–Kier alpha value is -2.86. The molecule has 1 atom stereocenters. The molecule has 194 valence electrons. The molecule has 1 aromatic carbocycles. The summed E-state index contributed by atoms with van der Waals surface area (Å²) < 4.78 is 16.9. The molecule has 1 heterocycles. The third-order valence-corrected chi connectivity index (χ3v) is 5.34. The van der Waals surface area contributed by atoms with Crippen LogP contribution in [0.1, 0.15) is 37.6 Å². The van der Waals surface area contributed by atoms with E-state index in [-0.39, 0.29) is 36.8 Å². The Balaban J connectivity index is 2.09. The second kappa shape index (κ2) is 12.7. The molecule has 1 fully saturated rings. The van der Waals surface area contributed by atoms with Gasteiger partial charge in [0.2, 0.25) is 11.8 Å². The number of aromatic carboxylic acids is 1. The first-order valence-corrected chi connectivity index (χ1v) is 11.9. The van der Waals surface area contributed by atoms with Crippen LogP contribution >= 0.6 is 15.9 Å². The van der Waals surface area contributed by atoms with Gasteiger partial charge in [-0.25, -0.2) is 9.59 Å². The van der Waals surface area contributed by atoms with E-state index in [0.29, 0.717) is 30.8 Å². The van der Waals surface area contributed by atoms with E-state index in [4.69, 9.17) is 14.2 Å². The van der Waals surface area contributed by atoms with Crippen LogP contribution in [0, 0.1) is 0 Å². The molecule has 12 heteroatoms. The number of ether oxygens (including phenoxy) is 3. The second-order valence-electron chi connectivity index (χ2n) is 9.05. The number of hydrogen-bond donors (Lipinski definition) is 2. The molecule has 0 aromatic heterocycles. The largest absolute Gasteiger partial charge is 0.490 e. The SMILES string of the molecule is CN(CC(=O)N[C@H](COc1cc(Br)ccc1C(=O)O)CC(=O)N1CCOCC1)C(=O)OC(C)(C)C. The molecule has 2 rings (SSSR count). The van der Waals surface area contributed by atoms with E-state index >= 15 is 0 Å². The average Bonchev–Trinajstić information content (AvgIpc) is 2.76. The standard InChI is InChI=1S/C23H32BrN3O8/c1-23(2,3)35-22(32)26(4)13-19(28)25-16(12-20(29)27-7-9-33-10-8-27)14-34-18-11-15(24)5-6-17(18)21(30)31/h5-6,11,16H,7-10,12-14H2,1-4H3,(H,25,28)(H,30,31)/t16-/m0/s1. The van der Waals surface area contributed by atoms with Crippen molar-refractivity contribution in [1.29, 1.82) is 0 Å². The average molecular weight is 558 g/mol. The molecule has 0 spiro atoms. The summed E-state index contributed by atoms with van der Waals surface area (Å²) in [4.78, 5) is 51.9. The van der Waals surface area contributed by atoms with Crippen molar-refractivity contribution in [1.82, 2.24) is 15.1 Å². The number of amides is 3. The summed E-state index contributed by atoms with van der Waals surface area (Å²) >= 11 is 3.28. The number of carboxylic acid groups (broad SMARTS) is 1. The van der Waals surface area contributed by atoms with E-state index in [9.17, 15) is 24.3 Å². The summed E-state index contributed by atoms with van der Waals surface area (Å²) in [5.74, 6) is -1.79. The van der Waals surface area contributed by atoms with Gasteiger partial charge in [-0.3, -0.25) is 9.59 Å². The number of halogens is 1. The number of rotatable bonds is 9. The van der Waals surface area contributed by atoms with Crippen LogP contribution in [0.25, 0.3) is 0 Å². The molecule has 1 aliphatic rings. The van der Waals surface area contributed by atoms with Crippen molar-refractivity contribution in [2.75, 3.05) is 46.5 Å². The molecule has 0 saturated carbocycles. The van der Waals surface area contributed by atoms with E-state index in [1.807, 2.05) is 0 Å². The van der Waals surface area contributed by atoms with Crippen LogP contribution in [0.15, 0.2) is 22.7 Å². The van der Waals surface area contributed by atoms with Crippen LogP contribution in [0.5, 0.6) is 5.75 Å². The summed E-state index contributed by atoms with van der Waals surface area (Å²) in [6.07, 6.45) is -0.733. The smallest absolute Gasteiger partial charge is 0.410 e. The predicted octanol–water partition coefficient (Wildman–Crippen LogP) is 2.13. The highest BCUT2D eigenvalue weighted by atomic mass is 79.9. The fourth-order valence-corrected chi connectivity index (χ4v) is 3.52. The summed E-state index contributed by atoms with van der Waals surface area (Å²) in [7, 11) is 1.43. The van der Waals surface area contributed by atoms with Crippen LogP contribution in [0.2, 0.25) is 0 Å². The zero-order chi connectivity index (χ0) is 26.2. The number of nitrogens with zero attached hydrogens (tertiary/aromatic N) is 2. The molecular weight excluding hydrogens is 526 g/mol. The number of nitrogens with one attached hydrogen (secondary N) is 1. The Kier molecular flexibility index (Phi) is 10.3. The maximum atomic E-state index is 12.8. The molecule has 1 saturated heterocycles. The zero-order valence-corrected chi connectivity index (χ0v) is 21.9. The maximum absolute atomic E-state index is 12.8. The molecule has 1 aromatic rings. The van der Waals surface area contributed by atoms with Gasteiger partial charge in [0.1, 0.15) is 30.1 Å². The highest BCUT2D eigenvalue weighted by molar-refractivity contribution is 9.10. The van der Waals surface area contributed by atoms with Crippen molar-refractivity contribution < 1.29 is 38.5 Å². The number of carbonyl (C=O) groups excluding carboxylic acids is 3. The summed E-state index contributed by atoms with van der Waals surface area (Å²) in [6.45, 7) is 6.44.